The summed E-state index contributed by atoms with van der Waals surface area (Å²) in [5, 5.41) is 5.58. The van der Waals surface area contributed by atoms with Crippen LogP contribution < -0.4 is 10.6 Å². The van der Waals surface area contributed by atoms with Gasteiger partial charge in [-0.3, -0.25) is 24.2 Å². The lowest BCUT2D eigenvalue weighted by Crippen LogP contribution is -2.43. The first-order valence-corrected chi connectivity index (χ1v) is 11.8. The molecule has 2 rings (SSSR count). The third-order valence-electron chi connectivity index (χ3n) is 5.23. The number of amides is 2. The number of rotatable bonds is 13. The summed E-state index contributed by atoms with van der Waals surface area (Å²) in [6, 6.07) is 11.0. The molecule has 1 aromatic carbocycles. The number of pyridine rings is 1. The Balaban J connectivity index is 1.89. The van der Waals surface area contributed by atoms with Crippen LogP contribution in [0.4, 0.5) is 4.39 Å². The van der Waals surface area contributed by atoms with Crippen LogP contribution in [-0.2, 0) is 20.8 Å². The summed E-state index contributed by atoms with van der Waals surface area (Å²) in [6.45, 7) is 5.77. The van der Waals surface area contributed by atoms with E-state index in [0.29, 0.717) is 18.5 Å². The van der Waals surface area contributed by atoms with Gasteiger partial charge in [0.05, 0.1) is 5.92 Å². The Morgan fingerprint density at radius 2 is 1.69 bits per heavy atom. The normalized spacial score (nSPS) is 12.0. The second-order valence-corrected chi connectivity index (χ2v) is 9.60. The van der Waals surface area contributed by atoms with E-state index in [1.807, 2.05) is 20.8 Å². The summed E-state index contributed by atoms with van der Waals surface area (Å²) >= 11 is 0. The molecule has 8 heteroatoms. The largest absolute Gasteiger partial charge is 0.356 e. The summed E-state index contributed by atoms with van der Waals surface area (Å²) in [5.41, 5.74) is 0.738. The number of hydrogen-bond donors (Lipinski definition) is 2. The van der Waals surface area contributed by atoms with E-state index in [-0.39, 0.29) is 55.5 Å². The minimum absolute atomic E-state index is 0.0720. The van der Waals surface area contributed by atoms with E-state index in [1.165, 1.54) is 12.1 Å². The van der Waals surface area contributed by atoms with Crippen molar-refractivity contribution in [3.8, 4) is 0 Å². The summed E-state index contributed by atoms with van der Waals surface area (Å²) in [6.07, 6.45) is 2.63. The number of benzene rings is 1. The van der Waals surface area contributed by atoms with E-state index < -0.39 is 17.4 Å². The molecule has 0 aliphatic rings. The van der Waals surface area contributed by atoms with E-state index >= 15 is 0 Å². The second-order valence-electron chi connectivity index (χ2n) is 9.60. The minimum atomic E-state index is -0.815. The molecule has 188 valence electrons. The lowest BCUT2D eigenvalue weighted by molar-refractivity contribution is -0.133. The molecule has 0 unspecified atom stereocenters. The fourth-order valence-corrected chi connectivity index (χ4v) is 3.52. The third-order valence-corrected chi connectivity index (χ3v) is 5.23. The predicted molar refractivity (Wildman–Crippen MR) is 131 cm³/mol. The summed E-state index contributed by atoms with van der Waals surface area (Å²) < 4.78 is 13.1. The number of halogens is 1. The molecule has 0 fully saturated rings. The van der Waals surface area contributed by atoms with Gasteiger partial charge in [0.1, 0.15) is 17.3 Å². The molecule has 0 saturated heterocycles. The molecule has 2 aromatic rings. The maximum absolute atomic E-state index is 13.1. The van der Waals surface area contributed by atoms with Gasteiger partial charge in [0.2, 0.25) is 11.8 Å². The molecule has 1 atom stereocenters. The zero-order chi connectivity index (χ0) is 25.8. The zero-order valence-electron chi connectivity index (χ0n) is 20.6. The minimum Gasteiger partial charge on any atom is -0.356 e. The van der Waals surface area contributed by atoms with E-state index in [9.17, 15) is 23.6 Å². The monoisotopic (exact) mass is 483 g/mol. The average molecular weight is 484 g/mol. The number of nitrogens with zero attached hydrogens (tertiary/aromatic N) is 1. The molecule has 0 aliphatic heterocycles. The number of ketones is 2. The Hall–Kier alpha value is -3.42. The molecule has 0 radical (unpaired) electrons. The van der Waals surface area contributed by atoms with Gasteiger partial charge in [0, 0.05) is 44.0 Å². The fraction of sp³-hybridized carbons (Fsp3) is 0.444. The Labute approximate surface area is 205 Å². The molecular formula is C27H34FN3O4. The van der Waals surface area contributed by atoms with Gasteiger partial charge in [-0.2, -0.15) is 0 Å². The SMILES string of the molecule is CC(C)(C)NC(=O)C[C@H](CC(=O)CCc1ccc(F)cc1)C(=O)NCCCC(=O)c1ccccn1. The van der Waals surface area contributed by atoms with Crippen LogP contribution in [0, 0.1) is 11.7 Å². The van der Waals surface area contributed by atoms with Gasteiger partial charge in [-0.15, -0.1) is 0 Å². The number of aryl methyl sites for hydroxylation is 1. The van der Waals surface area contributed by atoms with E-state index in [4.69, 9.17) is 0 Å². The highest BCUT2D eigenvalue weighted by Crippen LogP contribution is 2.15. The smallest absolute Gasteiger partial charge is 0.224 e. The lowest BCUT2D eigenvalue weighted by Gasteiger charge is -2.22. The highest BCUT2D eigenvalue weighted by molar-refractivity contribution is 5.94. The quantitative estimate of drug-likeness (QED) is 0.333. The van der Waals surface area contributed by atoms with Crippen LogP contribution in [-0.4, -0.2) is 40.4 Å². The lowest BCUT2D eigenvalue weighted by atomic mass is 9.94. The molecule has 0 saturated carbocycles. The number of hydrogen-bond acceptors (Lipinski definition) is 5. The standard InChI is InChI=1S/C27H34FN3O4/c1-27(2,3)31-25(34)18-20(17-22(32)14-11-19-9-12-21(28)13-10-19)26(35)30-16-6-8-24(33)23-7-4-5-15-29-23/h4-5,7,9-10,12-13,15,20H,6,8,11,14,16-18H2,1-3H3,(H,30,35)(H,31,34)/t20-/m0/s1. The molecule has 0 bridgehead atoms. The molecular weight excluding hydrogens is 449 g/mol. The van der Waals surface area contributed by atoms with Crippen LogP contribution in [0.25, 0.3) is 0 Å². The third kappa shape index (κ3) is 11.0. The van der Waals surface area contributed by atoms with Crippen LogP contribution in [0.1, 0.15) is 68.9 Å². The molecule has 0 spiro atoms. The number of carbonyl (C=O) groups excluding carboxylic acids is 4. The van der Waals surface area contributed by atoms with Crippen molar-refractivity contribution >= 4 is 23.4 Å². The van der Waals surface area contributed by atoms with Crippen LogP contribution >= 0.6 is 0 Å². The van der Waals surface area contributed by atoms with E-state index in [2.05, 4.69) is 15.6 Å². The van der Waals surface area contributed by atoms with Gasteiger partial charge < -0.3 is 10.6 Å². The maximum atomic E-state index is 13.1. The average Bonchev–Trinajstić information content (AvgIpc) is 2.80. The van der Waals surface area contributed by atoms with Crippen LogP contribution in [0.15, 0.2) is 48.7 Å². The molecule has 7 nitrogen and oxygen atoms in total. The molecule has 35 heavy (non-hydrogen) atoms. The molecule has 1 aromatic heterocycles. The van der Waals surface area contributed by atoms with Gasteiger partial charge >= 0.3 is 0 Å². The van der Waals surface area contributed by atoms with Gasteiger partial charge in [0.25, 0.3) is 0 Å². The Morgan fingerprint density at radius 1 is 0.971 bits per heavy atom. The van der Waals surface area contributed by atoms with E-state index in [1.54, 1.807) is 36.5 Å². The van der Waals surface area contributed by atoms with Gasteiger partial charge in [-0.05, 0) is 63.4 Å². The van der Waals surface area contributed by atoms with Gasteiger partial charge in [-0.1, -0.05) is 18.2 Å². The topological polar surface area (TPSA) is 105 Å². The number of nitrogens with one attached hydrogen (secondary N) is 2. The second kappa shape index (κ2) is 13.5. The highest BCUT2D eigenvalue weighted by atomic mass is 19.1. The maximum Gasteiger partial charge on any atom is 0.224 e. The van der Waals surface area contributed by atoms with E-state index in [0.717, 1.165) is 5.56 Å². The van der Waals surface area contributed by atoms with Gasteiger partial charge in [-0.25, -0.2) is 4.39 Å². The first kappa shape index (κ1) is 27.8. The number of carbonyl (C=O) groups is 4. The van der Waals surface area contributed by atoms with Crippen molar-refractivity contribution in [3.05, 3.63) is 65.7 Å². The zero-order valence-corrected chi connectivity index (χ0v) is 20.6. The Bertz CT molecular complexity index is 1000. The van der Waals surface area contributed by atoms with Crippen LogP contribution in [0.3, 0.4) is 0 Å². The first-order valence-electron chi connectivity index (χ1n) is 11.8. The van der Waals surface area contributed by atoms with Crippen molar-refractivity contribution in [1.29, 1.82) is 0 Å². The van der Waals surface area contributed by atoms with Crippen LogP contribution in [0.2, 0.25) is 0 Å². The van der Waals surface area contributed by atoms with Gasteiger partial charge in [0.15, 0.2) is 5.78 Å². The number of aromatic nitrogens is 1. The molecule has 2 N–H and O–H groups in total. The van der Waals surface area contributed by atoms with Crippen molar-refractivity contribution < 1.29 is 23.6 Å². The molecule has 2 amide bonds. The van der Waals surface area contributed by atoms with Crippen molar-refractivity contribution in [1.82, 2.24) is 15.6 Å². The summed E-state index contributed by atoms with van der Waals surface area (Å²) in [4.78, 5) is 54.1. The Morgan fingerprint density at radius 3 is 2.31 bits per heavy atom. The van der Waals surface area contributed by atoms with Crippen molar-refractivity contribution in [2.45, 2.75) is 64.8 Å². The molecule has 0 aliphatic carbocycles. The summed E-state index contributed by atoms with van der Waals surface area (Å²) in [7, 11) is 0. The van der Waals surface area contributed by atoms with Crippen molar-refractivity contribution in [2.75, 3.05) is 6.54 Å². The first-order chi connectivity index (χ1) is 16.5. The number of Topliss-reactive ketones (excluding diaryl/α,β-unsaturated/α-hetero) is 2. The Kier molecular flexibility index (Phi) is 10.7. The van der Waals surface area contributed by atoms with Crippen LogP contribution in [0.5, 0.6) is 0 Å². The highest BCUT2D eigenvalue weighted by Gasteiger charge is 2.26. The summed E-state index contributed by atoms with van der Waals surface area (Å²) in [5.74, 6) is -2.13. The van der Waals surface area contributed by atoms with Crippen molar-refractivity contribution in [3.63, 3.8) is 0 Å². The fourth-order valence-electron chi connectivity index (χ4n) is 3.52. The molecule has 1 heterocycles. The predicted octanol–water partition coefficient (Wildman–Crippen LogP) is 3.81. The van der Waals surface area contributed by atoms with Crippen molar-refractivity contribution in [2.24, 2.45) is 5.92 Å².